The third kappa shape index (κ3) is 5.03. The Labute approximate surface area is 222 Å². The summed E-state index contributed by atoms with van der Waals surface area (Å²) in [7, 11) is 0. The maximum absolute atomic E-state index is 13.6. The van der Waals surface area contributed by atoms with E-state index in [-0.39, 0.29) is 27.5 Å². The van der Waals surface area contributed by atoms with E-state index in [0.717, 1.165) is 16.1 Å². The van der Waals surface area contributed by atoms with Crippen molar-refractivity contribution < 1.29 is 18.7 Å². The molecule has 0 bridgehead atoms. The predicted molar refractivity (Wildman–Crippen MR) is 141 cm³/mol. The van der Waals surface area contributed by atoms with Gasteiger partial charge in [-0.15, -0.1) is 0 Å². The van der Waals surface area contributed by atoms with Gasteiger partial charge in [0, 0.05) is 18.7 Å². The van der Waals surface area contributed by atoms with Gasteiger partial charge < -0.3 is 15.0 Å². The molecular formula is C27H21Cl2FN4O3. The number of halogens is 3. The number of nitrogens with zero attached hydrogens (tertiary/aromatic N) is 3. The normalized spacial score (nSPS) is 15.1. The van der Waals surface area contributed by atoms with Crippen molar-refractivity contribution in [3.8, 4) is 11.5 Å². The number of hydrogen-bond acceptors (Lipinski definition) is 4. The maximum atomic E-state index is 13.6. The van der Waals surface area contributed by atoms with Gasteiger partial charge in [-0.3, -0.25) is 4.79 Å². The molecule has 188 valence electrons. The average molecular weight is 539 g/mol. The Bertz CT molecular complexity index is 1470. The van der Waals surface area contributed by atoms with Gasteiger partial charge in [0.05, 0.1) is 27.6 Å². The van der Waals surface area contributed by atoms with E-state index in [4.69, 9.17) is 27.9 Å². The number of rotatable bonds is 5. The van der Waals surface area contributed by atoms with Crippen molar-refractivity contribution in [2.45, 2.75) is 19.9 Å². The number of nitrogens with one attached hydrogen (secondary N) is 1. The summed E-state index contributed by atoms with van der Waals surface area (Å²) in [5.74, 6) is 0.320. The lowest BCUT2D eigenvalue weighted by molar-refractivity contribution is 0.0727. The number of amides is 3. The molecule has 0 atom stereocenters. The highest BCUT2D eigenvalue weighted by Crippen LogP contribution is 2.40. The fourth-order valence-corrected chi connectivity index (χ4v) is 4.78. The molecule has 0 saturated heterocycles. The van der Waals surface area contributed by atoms with Crippen molar-refractivity contribution in [1.82, 2.24) is 10.2 Å². The topological polar surface area (TPSA) is 74.2 Å². The Kier molecular flexibility index (Phi) is 6.62. The molecule has 0 unspecified atom stereocenters. The average Bonchev–Trinajstić information content (AvgIpc) is 2.85. The van der Waals surface area contributed by atoms with Crippen LogP contribution in [-0.4, -0.2) is 29.6 Å². The predicted octanol–water partition coefficient (Wildman–Crippen LogP) is 6.46. The Morgan fingerprint density at radius 3 is 2.57 bits per heavy atom. The number of ether oxygens (including phenoxy) is 1. The summed E-state index contributed by atoms with van der Waals surface area (Å²) < 4.78 is 19.6. The van der Waals surface area contributed by atoms with E-state index in [1.165, 1.54) is 24.4 Å². The second kappa shape index (κ2) is 9.88. The van der Waals surface area contributed by atoms with Crippen LogP contribution >= 0.6 is 23.2 Å². The lowest BCUT2D eigenvalue weighted by atomic mass is 9.98. The third-order valence-corrected chi connectivity index (χ3v) is 6.64. The van der Waals surface area contributed by atoms with Gasteiger partial charge in [-0.05, 0) is 66.4 Å². The standard InChI is InChI=1S/C27H21Cl2FN4O3/c1-15-9-17(3-6-24(15)30)14-33-8-7-18-10-20(4-5-21(18)26(33)35)37-25-22(28)11-19(12-23(25)29)34-27(36)32-16(2)13-31-34/h3-6,9-13H,2,7-8,14H2,1H3,(H,32,36). The number of fused-ring (bicyclic) bond motifs is 1. The Hall–Kier alpha value is -3.88. The molecule has 0 aromatic heterocycles. The zero-order valence-corrected chi connectivity index (χ0v) is 21.2. The van der Waals surface area contributed by atoms with Crippen LogP contribution in [0.4, 0.5) is 14.9 Å². The first-order valence-corrected chi connectivity index (χ1v) is 12.1. The van der Waals surface area contributed by atoms with Crippen LogP contribution in [0.5, 0.6) is 11.5 Å². The summed E-state index contributed by atoms with van der Waals surface area (Å²) in [5, 5.41) is 8.07. The zero-order chi connectivity index (χ0) is 26.3. The highest BCUT2D eigenvalue weighted by molar-refractivity contribution is 6.37. The minimum atomic E-state index is -0.490. The molecule has 0 fully saturated rings. The highest BCUT2D eigenvalue weighted by atomic mass is 35.5. The highest BCUT2D eigenvalue weighted by Gasteiger charge is 2.26. The van der Waals surface area contributed by atoms with E-state index < -0.39 is 6.03 Å². The molecule has 3 aromatic carbocycles. The van der Waals surface area contributed by atoms with E-state index in [1.54, 1.807) is 42.2 Å². The summed E-state index contributed by atoms with van der Waals surface area (Å²) in [6.07, 6.45) is 2.04. The zero-order valence-electron chi connectivity index (χ0n) is 19.7. The second-order valence-corrected chi connectivity index (χ2v) is 9.55. The van der Waals surface area contributed by atoms with Crippen LogP contribution in [0.3, 0.4) is 0 Å². The largest absolute Gasteiger partial charge is 0.454 e. The summed E-state index contributed by atoms with van der Waals surface area (Å²) >= 11 is 12.9. The Morgan fingerprint density at radius 1 is 1.11 bits per heavy atom. The van der Waals surface area contributed by atoms with Crippen molar-refractivity contribution in [1.29, 1.82) is 0 Å². The molecule has 2 aliphatic heterocycles. The first-order chi connectivity index (χ1) is 17.7. The van der Waals surface area contributed by atoms with Crippen LogP contribution in [-0.2, 0) is 13.0 Å². The number of hydrogen-bond donors (Lipinski definition) is 1. The van der Waals surface area contributed by atoms with E-state index in [9.17, 15) is 14.0 Å². The molecule has 7 nitrogen and oxygen atoms in total. The number of carbonyl (C=O) groups is 2. The molecule has 10 heteroatoms. The molecule has 0 radical (unpaired) electrons. The van der Waals surface area contributed by atoms with Gasteiger partial charge in [-0.1, -0.05) is 41.9 Å². The van der Waals surface area contributed by atoms with Gasteiger partial charge in [0.25, 0.3) is 5.91 Å². The number of aryl methyl sites for hydroxylation is 1. The number of allylic oxidation sites excluding steroid dienone is 1. The fraction of sp³-hybridized carbons (Fsp3) is 0.148. The van der Waals surface area contributed by atoms with Gasteiger partial charge >= 0.3 is 6.03 Å². The first kappa shape index (κ1) is 24.8. The maximum Gasteiger partial charge on any atom is 0.347 e. The van der Waals surface area contributed by atoms with Crippen LogP contribution in [0.15, 0.2) is 65.9 Å². The molecule has 2 heterocycles. The summed E-state index contributed by atoms with van der Waals surface area (Å²) in [4.78, 5) is 27.0. The summed E-state index contributed by atoms with van der Waals surface area (Å²) in [6.45, 7) is 6.27. The molecule has 3 amide bonds. The van der Waals surface area contributed by atoms with Crippen molar-refractivity contribution >= 4 is 47.0 Å². The van der Waals surface area contributed by atoms with E-state index in [1.807, 2.05) is 0 Å². The second-order valence-electron chi connectivity index (χ2n) is 8.73. The molecule has 0 saturated carbocycles. The molecule has 2 aliphatic rings. The molecular weight excluding hydrogens is 518 g/mol. The van der Waals surface area contributed by atoms with Crippen LogP contribution in [0.2, 0.25) is 10.0 Å². The van der Waals surface area contributed by atoms with Gasteiger partial charge in [0.2, 0.25) is 0 Å². The van der Waals surface area contributed by atoms with E-state index in [0.29, 0.717) is 47.8 Å². The van der Waals surface area contributed by atoms with Gasteiger partial charge in [0.1, 0.15) is 11.6 Å². The van der Waals surface area contributed by atoms with Crippen LogP contribution in [0.1, 0.15) is 27.0 Å². The molecule has 0 aliphatic carbocycles. The quantitative estimate of drug-likeness (QED) is 0.405. The third-order valence-electron chi connectivity index (χ3n) is 6.08. The van der Waals surface area contributed by atoms with Crippen molar-refractivity contribution in [2.75, 3.05) is 11.6 Å². The smallest absolute Gasteiger partial charge is 0.347 e. The Balaban J connectivity index is 1.33. The molecule has 0 spiro atoms. The number of carbonyl (C=O) groups excluding carboxylic acids is 2. The molecule has 37 heavy (non-hydrogen) atoms. The SMILES string of the molecule is C=C1C=NN(c2cc(Cl)c(Oc3ccc4c(c3)CCN(Cc3ccc(F)c(C)c3)C4=O)c(Cl)c2)C(=O)N1. The van der Waals surface area contributed by atoms with Crippen molar-refractivity contribution in [2.24, 2.45) is 5.10 Å². The van der Waals surface area contributed by atoms with Crippen LogP contribution < -0.4 is 15.1 Å². The molecule has 1 N–H and O–H groups in total. The number of hydrazone groups is 1. The van der Waals surface area contributed by atoms with Gasteiger partial charge in [-0.2, -0.15) is 10.1 Å². The van der Waals surface area contributed by atoms with Crippen molar-refractivity contribution in [3.63, 3.8) is 0 Å². The monoisotopic (exact) mass is 538 g/mol. The van der Waals surface area contributed by atoms with Crippen LogP contribution in [0, 0.1) is 12.7 Å². The number of benzene rings is 3. The minimum absolute atomic E-state index is 0.0989. The Morgan fingerprint density at radius 2 is 1.86 bits per heavy atom. The van der Waals surface area contributed by atoms with Gasteiger partial charge in [0.15, 0.2) is 5.75 Å². The molecule has 3 aromatic rings. The van der Waals surface area contributed by atoms with Crippen LogP contribution in [0.25, 0.3) is 0 Å². The number of urea groups is 1. The lowest BCUT2D eigenvalue weighted by Gasteiger charge is -2.29. The van der Waals surface area contributed by atoms with E-state index in [2.05, 4.69) is 17.0 Å². The van der Waals surface area contributed by atoms with Crippen molar-refractivity contribution in [3.05, 3.63) is 98.9 Å². The summed E-state index contributed by atoms with van der Waals surface area (Å²) in [5.41, 5.74) is 3.58. The fourth-order valence-electron chi connectivity index (χ4n) is 4.22. The number of anilines is 1. The minimum Gasteiger partial charge on any atom is -0.454 e. The summed E-state index contributed by atoms with van der Waals surface area (Å²) in [6, 6.07) is 12.6. The van der Waals surface area contributed by atoms with E-state index >= 15 is 0 Å². The first-order valence-electron chi connectivity index (χ1n) is 11.4. The lowest BCUT2D eigenvalue weighted by Crippen LogP contribution is -2.40. The van der Waals surface area contributed by atoms with Gasteiger partial charge in [-0.25, -0.2) is 9.18 Å². The molecule has 5 rings (SSSR count).